The van der Waals surface area contributed by atoms with Crippen molar-refractivity contribution in [1.29, 1.82) is 5.26 Å². The van der Waals surface area contributed by atoms with Gasteiger partial charge in [-0.3, -0.25) is 10.1 Å². The molecule has 186 valence electrons. The minimum absolute atomic E-state index is 0.137. The molecule has 4 rings (SSSR count). The van der Waals surface area contributed by atoms with Gasteiger partial charge < -0.3 is 9.73 Å². The maximum atomic E-state index is 12.4. The van der Waals surface area contributed by atoms with E-state index in [0.29, 0.717) is 43.6 Å². The first kappa shape index (κ1) is 26.4. The average molecular weight is 559 g/mol. The molecule has 5 nitrogen and oxygen atoms in total. The van der Waals surface area contributed by atoms with Crippen LogP contribution in [-0.4, -0.2) is 11.0 Å². The summed E-state index contributed by atoms with van der Waals surface area (Å²) >= 11 is 19.2. The molecule has 1 aromatic carbocycles. The highest BCUT2D eigenvalue weighted by Crippen LogP contribution is 2.44. The third-order valence-electron chi connectivity index (χ3n) is 6.31. The Kier molecular flexibility index (Phi) is 7.91. The maximum absolute atomic E-state index is 12.4. The van der Waals surface area contributed by atoms with Crippen molar-refractivity contribution in [3.63, 3.8) is 0 Å². The first-order valence-corrected chi connectivity index (χ1v) is 13.4. The van der Waals surface area contributed by atoms with Gasteiger partial charge in [-0.05, 0) is 78.7 Å². The molecule has 0 aliphatic heterocycles. The van der Waals surface area contributed by atoms with E-state index < -0.39 is 5.91 Å². The smallest absolute Gasteiger partial charge is 0.250 e. The van der Waals surface area contributed by atoms with Crippen LogP contribution in [0, 0.1) is 22.7 Å². The summed E-state index contributed by atoms with van der Waals surface area (Å²) in [6, 6.07) is 11.1. The monoisotopic (exact) mass is 557 g/mol. The Morgan fingerprint density at radius 1 is 1.28 bits per heavy atom. The Hall–Kier alpha value is -2.63. The Morgan fingerprint density at radius 3 is 2.78 bits per heavy atom. The van der Waals surface area contributed by atoms with E-state index in [1.165, 1.54) is 17.0 Å². The van der Waals surface area contributed by atoms with Gasteiger partial charge in [0.25, 0.3) is 0 Å². The van der Waals surface area contributed by atoms with Crippen LogP contribution in [0.5, 0.6) is 0 Å². The molecule has 2 heterocycles. The van der Waals surface area contributed by atoms with Crippen LogP contribution in [0.15, 0.2) is 40.8 Å². The lowest BCUT2D eigenvalue weighted by atomic mass is 9.72. The quantitative estimate of drug-likeness (QED) is 0.252. The second-order valence-electron chi connectivity index (χ2n) is 9.71. The molecule has 0 spiro atoms. The van der Waals surface area contributed by atoms with Crippen LogP contribution in [0.1, 0.15) is 49.0 Å². The number of hydrogen-bond donors (Lipinski definition) is 2. The molecule has 2 N–H and O–H groups in total. The van der Waals surface area contributed by atoms with Gasteiger partial charge in [0.1, 0.15) is 22.6 Å². The van der Waals surface area contributed by atoms with Crippen molar-refractivity contribution in [3.05, 3.63) is 68.2 Å². The number of benzene rings is 1. The fourth-order valence-corrected chi connectivity index (χ4v) is 6.20. The second kappa shape index (κ2) is 10.8. The lowest BCUT2D eigenvalue weighted by Gasteiger charge is -2.33. The van der Waals surface area contributed by atoms with Gasteiger partial charge in [0.05, 0.1) is 15.6 Å². The molecule has 1 amide bonds. The van der Waals surface area contributed by atoms with Crippen LogP contribution in [0.3, 0.4) is 0 Å². The van der Waals surface area contributed by atoms with Gasteiger partial charge in [-0.1, -0.05) is 50.0 Å². The number of nitrogens with one attached hydrogen (secondary N) is 2. The standard InChI is InChI=1S/C27H25Cl2N3O2S2/c1-27(2,3)15-7-10-17-19(14-30)25(36-22(17)13-15)32-26(35)31-23(33)12-9-16-8-11-21(34-16)18-5-4-6-20(28)24(18)29/h4-6,8-9,11-12,15H,7,10,13H2,1-3H3,(H2,31,32,33,35). The number of thiocarbonyl (C=S) groups is 1. The van der Waals surface area contributed by atoms with Gasteiger partial charge in [0.2, 0.25) is 5.91 Å². The van der Waals surface area contributed by atoms with Gasteiger partial charge >= 0.3 is 0 Å². The molecule has 0 fully saturated rings. The minimum Gasteiger partial charge on any atom is -0.457 e. The number of fused-ring (bicyclic) bond motifs is 1. The number of carbonyl (C=O) groups is 1. The summed E-state index contributed by atoms with van der Waals surface area (Å²) in [6.07, 6.45) is 5.76. The molecule has 9 heteroatoms. The van der Waals surface area contributed by atoms with E-state index in [9.17, 15) is 10.1 Å². The van der Waals surface area contributed by atoms with Crippen LogP contribution in [0.25, 0.3) is 17.4 Å². The van der Waals surface area contributed by atoms with Gasteiger partial charge in [-0.15, -0.1) is 11.3 Å². The predicted octanol–water partition coefficient (Wildman–Crippen LogP) is 7.86. The molecular formula is C27H25Cl2N3O2S2. The highest BCUT2D eigenvalue weighted by Gasteiger charge is 2.32. The number of carbonyl (C=O) groups excluding carboxylic acids is 1. The normalized spacial score (nSPS) is 15.4. The van der Waals surface area contributed by atoms with Crippen LogP contribution < -0.4 is 10.6 Å². The van der Waals surface area contributed by atoms with E-state index in [0.717, 1.165) is 24.8 Å². The summed E-state index contributed by atoms with van der Waals surface area (Å²) < 4.78 is 5.77. The number of amides is 1. The number of halogens is 2. The van der Waals surface area contributed by atoms with Crippen LogP contribution in [0.4, 0.5) is 5.00 Å². The predicted molar refractivity (Wildman–Crippen MR) is 152 cm³/mol. The lowest BCUT2D eigenvalue weighted by molar-refractivity contribution is -0.115. The van der Waals surface area contributed by atoms with E-state index in [2.05, 4.69) is 37.5 Å². The van der Waals surface area contributed by atoms with Crippen molar-refractivity contribution in [2.24, 2.45) is 11.3 Å². The summed E-state index contributed by atoms with van der Waals surface area (Å²) in [4.78, 5) is 13.7. The molecule has 1 aliphatic rings. The zero-order valence-corrected chi connectivity index (χ0v) is 23.2. The van der Waals surface area contributed by atoms with Crippen molar-refractivity contribution in [2.75, 3.05) is 5.32 Å². The van der Waals surface area contributed by atoms with Crippen molar-refractivity contribution < 1.29 is 9.21 Å². The van der Waals surface area contributed by atoms with Crippen LogP contribution >= 0.6 is 46.8 Å². The highest BCUT2D eigenvalue weighted by atomic mass is 35.5. The van der Waals surface area contributed by atoms with E-state index in [1.807, 2.05) is 0 Å². The molecule has 2 aromatic heterocycles. The van der Waals surface area contributed by atoms with Gasteiger partial charge in [0, 0.05) is 16.5 Å². The zero-order valence-electron chi connectivity index (χ0n) is 20.1. The topological polar surface area (TPSA) is 78.1 Å². The largest absolute Gasteiger partial charge is 0.457 e. The van der Waals surface area contributed by atoms with E-state index in [4.69, 9.17) is 39.8 Å². The Bertz CT molecular complexity index is 1390. The summed E-state index contributed by atoms with van der Waals surface area (Å²) in [6.45, 7) is 6.78. The molecule has 1 aliphatic carbocycles. The van der Waals surface area contributed by atoms with Gasteiger partial charge in [-0.25, -0.2) is 0 Å². The van der Waals surface area contributed by atoms with E-state index >= 15 is 0 Å². The molecule has 1 atom stereocenters. The van der Waals surface area contributed by atoms with Crippen LogP contribution in [0.2, 0.25) is 10.0 Å². The molecular weight excluding hydrogens is 533 g/mol. The molecule has 0 saturated heterocycles. The summed E-state index contributed by atoms with van der Waals surface area (Å²) in [7, 11) is 0. The fourth-order valence-electron chi connectivity index (χ4n) is 4.26. The summed E-state index contributed by atoms with van der Waals surface area (Å²) in [5.41, 5.74) is 2.61. The van der Waals surface area contributed by atoms with Gasteiger partial charge in [-0.2, -0.15) is 5.26 Å². The van der Waals surface area contributed by atoms with E-state index in [-0.39, 0.29) is 10.5 Å². The minimum atomic E-state index is -0.418. The second-order valence-corrected chi connectivity index (χ2v) is 12.0. The third kappa shape index (κ3) is 5.84. The highest BCUT2D eigenvalue weighted by molar-refractivity contribution is 7.80. The molecule has 36 heavy (non-hydrogen) atoms. The molecule has 0 radical (unpaired) electrons. The first-order valence-electron chi connectivity index (χ1n) is 11.5. The summed E-state index contributed by atoms with van der Waals surface area (Å²) in [5.74, 6) is 1.16. The number of nitrogens with zero attached hydrogens (tertiary/aromatic N) is 1. The van der Waals surface area contributed by atoms with Crippen molar-refractivity contribution in [1.82, 2.24) is 5.32 Å². The average Bonchev–Trinajstić information content (AvgIpc) is 3.42. The summed E-state index contributed by atoms with van der Waals surface area (Å²) in [5, 5.41) is 17.1. The first-order chi connectivity index (χ1) is 17.1. The number of furan rings is 1. The van der Waals surface area contributed by atoms with Gasteiger partial charge in [0.15, 0.2) is 5.11 Å². The molecule has 1 unspecified atom stereocenters. The SMILES string of the molecule is CC(C)(C)C1CCc2c(sc(NC(=S)NC(=O)C=Cc3ccc(-c4cccc(Cl)c4Cl)o3)c2C#N)C1. The Balaban J connectivity index is 1.39. The van der Waals surface area contributed by atoms with E-state index in [1.54, 1.807) is 41.7 Å². The van der Waals surface area contributed by atoms with Crippen molar-refractivity contribution in [3.8, 4) is 17.4 Å². The van der Waals surface area contributed by atoms with Crippen LogP contribution in [-0.2, 0) is 17.6 Å². The van der Waals surface area contributed by atoms with Crippen molar-refractivity contribution in [2.45, 2.75) is 40.0 Å². The number of nitriles is 1. The number of thiophene rings is 1. The number of hydrogen-bond acceptors (Lipinski definition) is 5. The Morgan fingerprint density at radius 2 is 2.06 bits per heavy atom. The molecule has 0 bridgehead atoms. The van der Waals surface area contributed by atoms with Crippen molar-refractivity contribution >= 4 is 68.9 Å². The zero-order chi connectivity index (χ0) is 26.0. The lowest BCUT2D eigenvalue weighted by Crippen LogP contribution is -2.32. The third-order valence-corrected chi connectivity index (χ3v) is 8.50. The fraction of sp³-hybridized carbons (Fsp3) is 0.296. The maximum Gasteiger partial charge on any atom is 0.250 e. The number of rotatable bonds is 4. The molecule has 0 saturated carbocycles. The Labute approximate surface area is 230 Å². The number of anilines is 1. The molecule has 3 aromatic rings.